The number of imidazole rings is 1. The number of anilines is 4. The highest BCUT2D eigenvalue weighted by Gasteiger charge is 2.18. The minimum absolute atomic E-state index is 0.217. The molecule has 1 aliphatic rings. The fraction of sp³-hybridized carbons (Fsp3) is 0.200. The Kier molecular flexibility index (Phi) is 6.83. The minimum Gasteiger partial charge on any atom is -0.374 e. The molecule has 5 heterocycles. The van der Waals surface area contributed by atoms with Crippen LogP contribution in [0.5, 0.6) is 0 Å². The largest absolute Gasteiger partial charge is 0.374 e. The zero-order chi connectivity index (χ0) is 29.5. The van der Waals surface area contributed by atoms with Gasteiger partial charge in [0.25, 0.3) is 0 Å². The molecule has 0 radical (unpaired) electrons. The summed E-state index contributed by atoms with van der Waals surface area (Å²) in [6, 6.07) is 22.7. The number of aromatic nitrogens is 5. The SMILES string of the molecule is CC1=C(c2ccc3nc(C)cc(Nc4ccc(-c5nc6ccc(Nc7ccnc(C)c7)cc6[nH]5)nc4)c3c2)CC(C)OC1. The average molecular weight is 568 g/mol. The number of nitrogens with zero attached hydrogens (tertiary/aromatic N) is 4. The number of aryl methyl sites for hydroxylation is 2. The Labute approximate surface area is 250 Å². The van der Waals surface area contributed by atoms with Crippen molar-refractivity contribution < 1.29 is 4.74 Å². The maximum atomic E-state index is 5.84. The Morgan fingerprint density at radius 1 is 0.791 bits per heavy atom. The van der Waals surface area contributed by atoms with Crippen molar-refractivity contribution in [1.82, 2.24) is 24.9 Å². The van der Waals surface area contributed by atoms with E-state index < -0.39 is 0 Å². The standard InChI is InChI=1S/C35H33N7O/c1-20-19-43-23(4)15-28(20)24-5-8-30-29(16-24)33(14-22(3)38-30)40-27-7-10-32(37-18-27)35-41-31-9-6-25(17-34(31)42-35)39-26-11-12-36-21(2)13-26/h5-14,16-18,23H,15,19H2,1-4H3,(H,36,39)(H,38,40)(H,41,42). The van der Waals surface area contributed by atoms with Crippen LogP contribution in [0, 0.1) is 13.8 Å². The maximum Gasteiger partial charge on any atom is 0.157 e. The smallest absolute Gasteiger partial charge is 0.157 e. The summed E-state index contributed by atoms with van der Waals surface area (Å²) in [7, 11) is 0. The normalized spacial score (nSPS) is 15.3. The number of rotatable bonds is 6. The van der Waals surface area contributed by atoms with Crippen molar-refractivity contribution in [2.24, 2.45) is 0 Å². The predicted octanol–water partition coefficient (Wildman–Crippen LogP) is 8.25. The lowest BCUT2D eigenvalue weighted by Gasteiger charge is -2.24. The summed E-state index contributed by atoms with van der Waals surface area (Å²) in [5, 5.41) is 8.10. The molecule has 0 fully saturated rings. The van der Waals surface area contributed by atoms with Gasteiger partial charge in [-0.2, -0.15) is 0 Å². The minimum atomic E-state index is 0.217. The highest BCUT2D eigenvalue weighted by molar-refractivity contribution is 5.95. The molecule has 0 aliphatic carbocycles. The summed E-state index contributed by atoms with van der Waals surface area (Å²) in [5.74, 6) is 0.725. The molecule has 7 rings (SSSR count). The average Bonchev–Trinajstić information content (AvgIpc) is 3.42. The summed E-state index contributed by atoms with van der Waals surface area (Å²) in [6.45, 7) is 8.97. The Hall–Kier alpha value is -5.08. The van der Waals surface area contributed by atoms with E-state index in [0.29, 0.717) is 6.61 Å². The van der Waals surface area contributed by atoms with Crippen molar-refractivity contribution in [2.75, 3.05) is 17.2 Å². The zero-order valence-electron chi connectivity index (χ0n) is 24.7. The monoisotopic (exact) mass is 567 g/mol. The van der Waals surface area contributed by atoms with Crippen LogP contribution in [-0.2, 0) is 4.74 Å². The molecule has 0 spiro atoms. The Morgan fingerprint density at radius 2 is 1.63 bits per heavy atom. The van der Waals surface area contributed by atoms with Crippen molar-refractivity contribution in [3.05, 3.63) is 102 Å². The second-order valence-corrected chi connectivity index (χ2v) is 11.3. The van der Waals surface area contributed by atoms with Crippen LogP contribution in [0.25, 0.3) is 39.0 Å². The lowest BCUT2D eigenvalue weighted by Crippen LogP contribution is -2.17. The predicted molar refractivity (Wildman–Crippen MR) is 174 cm³/mol. The van der Waals surface area contributed by atoms with Crippen LogP contribution >= 0.6 is 0 Å². The van der Waals surface area contributed by atoms with E-state index >= 15 is 0 Å². The maximum absolute atomic E-state index is 5.84. The second-order valence-electron chi connectivity index (χ2n) is 11.3. The van der Waals surface area contributed by atoms with E-state index in [0.717, 1.165) is 74.0 Å². The summed E-state index contributed by atoms with van der Waals surface area (Å²) < 4.78 is 5.84. The number of fused-ring (bicyclic) bond motifs is 2. The van der Waals surface area contributed by atoms with Gasteiger partial charge in [-0.3, -0.25) is 15.0 Å². The Morgan fingerprint density at radius 3 is 2.47 bits per heavy atom. The molecule has 1 atom stereocenters. The van der Waals surface area contributed by atoms with Gasteiger partial charge in [-0.15, -0.1) is 0 Å². The first-order valence-electron chi connectivity index (χ1n) is 14.5. The first-order valence-corrected chi connectivity index (χ1v) is 14.5. The van der Waals surface area contributed by atoms with Crippen LogP contribution in [-0.4, -0.2) is 37.6 Å². The van der Waals surface area contributed by atoms with Gasteiger partial charge < -0.3 is 20.4 Å². The number of nitrogens with one attached hydrogen (secondary N) is 3. The van der Waals surface area contributed by atoms with Gasteiger partial charge in [0.05, 0.1) is 41.1 Å². The molecule has 6 aromatic rings. The molecule has 214 valence electrons. The summed E-state index contributed by atoms with van der Waals surface area (Å²) in [5.41, 5.74) is 13.2. The van der Waals surface area contributed by atoms with E-state index in [9.17, 15) is 0 Å². The Bertz CT molecular complexity index is 2010. The van der Waals surface area contributed by atoms with Crippen LogP contribution < -0.4 is 10.6 Å². The topological polar surface area (TPSA) is 101 Å². The number of aromatic amines is 1. The van der Waals surface area contributed by atoms with Crippen molar-refractivity contribution in [3.8, 4) is 11.5 Å². The summed E-state index contributed by atoms with van der Waals surface area (Å²) in [6.07, 6.45) is 4.78. The van der Waals surface area contributed by atoms with Gasteiger partial charge in [0.15, 0.2) is 5.82 Å². The molecule has 43 heavy (non-hydrogen) atoms. The summed E-state index contributed by atoms with van der Waals surface area (Å²) in [4.78, 5) is 22.0. The highest BCUT2D eigenvalue weighted by atomic mass is 16.5. The zero-order valence-corrected chi connectivity index (χ0v) is 24.7. The van der Waals surface area contributed by atoms with Gasteiger partial charge in [-0.1, -0.05) is 6.07 Å². The second kappa shape index (κ2) is 11.0. The molecule has 0 saturated heterocycles. The van der Waals surface area contributed by atoms with E-state index in [1.165, 1.54) is 16.7 Å². The molecule has 0 bridgehead atoms. The molecule has 0 amide bonds. The number of hydrogen-bond acceptors (Lipinski definition) is 7. The molecule has 3 N–H and O–H groups in total. The molecule has 4 aromatic heterocycles. The number of pyridine rings is 3. The quantitative estimate of drug-likeness (QED) is 0.186. The molecule has 8 nitrogen and oxygen atoms in total. The third-order valence-electron chi connectivity index (χ3n) is 7.83. The molecule has 1 unspecified atom stereocenters. The fourth-order valence-corrected chi connectivity index (χ4v) is 5.65. The number of H-pyrrole nitrogens is 1. The van der Waals surface area contributed by atoms with Gasteiger partial charge in [-0.25, -0.2) is 4.98 Å². The van der Waals surface area contributed by atoms with Crippen LogP contribution in [0.4, 0.5) is 22.7 Å². The van der Waals surface area contributed by atoms with Crippen LogP contribution in [0.2, 0.25) is 0 Å². The Balaban J connectivity index is 1.14. The summed E-state index contributed by atoms with van der Waals surface area (Å²) >= 11 is 0. The van der Waals surface area contributed by atoms with Crippen LogP contribution in [0.1, 0.15) is 37.2 Å². The molecule has 2 aromatic carbocycles. The first kappa shape index (κ1) is 26.8. The lowest BCUT2D eigenvalue weighted by atomic mass is 9.92. The van der Waals surface area contributed by atoms with E-state index in [1.54, 1.807) is 6.20 Å². The van der Waals surface area contributed by atoms with Gasteiger partial charge >= 0.3 is 0 Å². The van der Waals surface area contributed by atoms with Crippen molar-refractivity contribution >= 4 is 50.3 Å². The number of hydrogen-bond donors (Lipinski definition) is 3. The van der Waals surface area contributed by atoms with Crippen molar-refractivity contribution in [1.29, 1.82) is 0 Å². The van der Waals surface area contributed by atoms with Gasteiger partial charge in [-0.05, 0) is 111 Å². The van der Waals surface area contributed by atoms with Gasteiger partial charge in [0, 0.05) is 40.0 Å². The van der Waals surface area contributed by atoms with Crippen LogP contribution in [0.15, 0.2) is 84.7 Å². The van der Waals surface area contributed by atoms with Gasteiger partial charge in [0.2, 0.25) is 0 Å². The van der Waals surface area contributed by atoms with E-state index in [2.05, 4.69) is 64.8 Å². The third kappa shape index (κ3) is 5.57. The molecule has 8 heteroatoms. The fourth-order valence-electron chi connectivity index (χ4n) is 5.65. The van der Waals surface area contributed by atoms with Crippen LogP contribution in [0.3, 0.4) is 0 Å². The number of ether oxygens (including phenoxy) is 1. The molecule has 1 aliphatic heterocycles. The van der Waals surface area contributed by atoms with Crippen molar-refractivity contribution in [2.45, 2.75) is 40.2 Å². The highest BCUT2D eigenvalue weighted by Crippen LogP contribution is 2.34. The van der Waals surface area contributed by atoms with Crippen molar-refractivity contribution in [3.63, 3.8) is 0 Å². The number of benzene rings is 2. The van der Waals surface area contributed by atoms with Gasteiger partial charge in [0.1, 0.15) is 5.69 Å². The molecular formula is C35H33N7O. The molecular weight excluding hydrogens is 534 g/mol. The lowest BCUT2D eigenvalue weighted by molar-refractivity contribution is 0.0791. The molecule has 0 saturated carbocycles. The van der Waals surface area contributed by atoms with E-state index in [4.69, 9.17) is 19.7 Å². The third-order valence-corrected chi connectivity index (χ3v) is 7.83. The van der Waals surface area contributed by atoms with E-state index in [1.807, 2.05) is 56.4 Å². The van der Waals surface area contributed by atoms with E-state index in [-0.39, 0.29) is 6.10 Å². The first-order chi connectivity index (χ1) is 20.9.